The number of benzene rings is 2. The second-order valence-electron chi connectivity index (χ2n) is 8.46. The minimum absolute atomic E-state index is 0.0303. The number of carbonyl (C=O) groups is 2. The van der Waals surface area contributed by atoms with Crippen LogP contribution in [0.5, 0.6) is 0 Å². The Hall–Kier alpha value is -2.75. The number of aliphatic carboxylic acids is 1. The molecule has 2 aromatic carbocycles. The van der Waals surface area contributed by atoms with Crippen molar-refractivity contribution in [1.29, 1.82) is 0 Å². The summed E-state index contributed by atoms with van der Waals surface area (Å²) in [6.45, 7) is 3.60. The van der Waals surface area contributed by atoms with Gasteiger partial charge in [-0.3, -0.25) is 9.59 Å². The largest absolute Gasteiger partial charge is 0.481 e. The summed E-state index contributed by atoms with van der Waals surface area (Å²) in [6.07, 6.45) is -10.5. The average Bonchev–Trinajstić information content (AvgIpc) is 2.69. The predicted octanol–water partition coefficient (Wildman–Crippen LogP) is 6.73. The number of carboxylic acids is 1. The van der Waals surface area contributed by atoms with Gasteiger partial charge in [-0.05, 0) is 42.7 Å². The van der Waals surface area contributed by atoms with E-state index in [4.69, 9.17) is 11.6 Å². The zero-order valence-corrected chi connectivity index (χ0v) is 19.1. The molecule has 186 valence electrons. The summed E-state index contributed by atoms with van der Waals surface area (Å²) in [5, 5.41) is 11.7. The molecule has 2 N–H and O–H groups in total. The first kappa shape index (κ1) is 27.5. The van der Waals surface area contributed by atoms with E-state index in [1.165, 1.54) is 32.0 Å². The summed E-state index contributed by atoms with van der Waals surface area (Å²) in [7, 11) is 0. The Morgan fingerprint density at radius 1 is 1.00 bits per heavy atom. The van der Waals surface area contributed by atoms with E-state index in [9.17, 15) is 41.0 Å². The highest BCUT2D eigenvalue weighted by molar-refractivity contribution is 6.33. The van der Waals surface area contributed by atoms with Crippen LogP contribution in [0, 0.1) is 5.92 Å². The molecule has 2 atom stereocenters. The second-order valence-corrected chi connectivity index (χ2v) is 8.86. The summed E-state index contributed by atoms with van der Waals surface area (Å²) in [6, 6.07) is 8.14. The molecule has 2 rings (SSSR count). The number of alkyl halides is 6. The third-order valence-electron chi connectivity index (χ3n) is 5.52. The number of nitrogens with one attached hydrogen (secondary N) is 1. The van der Waals surface area contributed by atoms with E-state index in [0.717, 1.165) is 31.2 Å². The number of rotatable bonds is 7. The first-order valence-electron chi connectivity index (χ1n) is 10.00. The number of hydrogen-bond acceptors (Lipinski definition) is 2. The monoisotopic (exact) mass is 509 g/mol. The van der Waals surface area contributed by atoms with Crippen LogP contribution < -0.4 is 5.32 Å². The lowest BCUT2D eigenvalue weighted by atomic mass is 9.84. The summed E-state index contributed by atoms with van der Waals surface area (Å²) in [5.74, 6) is -6.25. The topological polar surface area (TPSA) is 66.4 Å². The highest BCUT2D eigenvalue weighted by Crippen LogP contribution is 2.39. The van der Waals surface area contributed by atoms with E-state index in [-0.39, 0.29) is 27.4 Å². The van der Waals surface area contributed by atoms with Crippen molar-refractivity contribution in [1.82, 2.24) is 0 Å². The summed E-state index contributed by atoms with van der Waals surface area (Å²) in [4.78, 5) is 24.5. The SMILES string of the molecule is CC([C@H](C(=O)Nc1cc(C(C)(C)C(=O)O)ccc1Cl)c1ccc(CC(F)(F)F)cc1)C(F)(F)F. The average molecular weight is 510 g/mol. The number of anilines is 1. The molecule has 0 spiro atoms. The molecule has 2 aromatic rings. The molecule has 0 bridgehead atoms. The Labute approximate surface area is 196 Å². The van der Waals surface area contributed by atoms with Gasteiger partial charge in [-0.25, -0.2) is 0 Å². The fraction of sp³-hybridized carbons (Fsp3) is 0.391. The van der Waals surface area contributed by atoms with Gasteiger partial charge in [-0.15, -0.1) is 0 Å². The Morgan fingerprint density at radius 2 is 1.56 bits per heavy atom. The quantitative estimate of drug-likeness (QED) is 0.407. The van der Waals surface area contributed by atoms with Crippen LogP contribution in [0.1, 0.15) is 43.4 Å². The van der Waals surface area contributed by atoms with Crippen LogP contribution in [0.3, 0.4) is 0 Å². The summed E-state index contributed by atoms with van der Waals surface area (Å²) in [5.41, 5.74) is -1.52. The lowest BCUT2D eigenvalue weighted by Crippen LogP contribution is -2.34. The number of carboxylic acid groups (broad SMARTS) is 1. The Bertz CT molecular complexity index is 1050. The fourth-order valence-corrected chi connectivity index (χ4v) is 3.44. The van der Waals surface area contributed by atoms with Gasteiger partial charge in [0.2, 0.25) is 5.91 Å². The van der Waals surface area contributed by atoms with Crippen LogP contribution in [0.4, 0.5) is 32.0 Å². The maximum Gasteiger partial charge on any atom is 0.393 e. The van der Waals surface area contributed by atoms with E-state index < -0.39 is 47.9 Å². The third-order valence-corrected chi connectivity index (χ3v) is 5.85. The normalized spacial score (nSPS) is 14.4. The second kappa shape index (κ2) is 9.85. The van der Waals surface area contributed by atoms with Crippen molar-refractivity contribution in [3.05, 3.63) is 64.2 Å². The van der Waals surface area contributed by atoms with Crippen molar-refractivity contribution < 1.29 is 41.0 Å². The molecule has 1 unspecified atom stereocenters. The van der Waals surface area contributed by atoms with Crippen LogP contribution in [0.2, 0.25) is 5.02 Å². The van der Waals surface area contributed by atoms with E-state index in [2.05, 4.69) is 5.32 Å². The maximum absolute atomic E-state index is 13.6. The highest BCUT2D eigenvalue weighted by atomic mass is 35.5. The summed E-state index contributed by atoms with van der Waals surface area (Å²) >= 11 is 6.08. The Kier molecular flexibility index (Phi) is 7.97. The molecule has 0 aliphatic heterocycles. The van der Waals surface area contributed by atoms with E-state index >= 15 is 0 Å². The Balaban J connectivity index is 2.44. The van der Waals surface area contributed by atoms with Crippen molar-refractivity contribution in [2.45, 2.75) is 50.9 Å². The molecule has 0 heterocycles. The van der Waals surface area contributed by atoms with Crippen molar-refractivity contribution in [3.63, 3.8) is 0 Å². The minimum atomic E-state index is -4.79. The van der Waals surface area contributed by atoms with Crippen molar-refractivity contribution in [2.75, 3.05) is 5.32 Å². The van der Waals surface area contributed by atoms with Crippen LogP contribution in [0.15, 0.2) is 42.5 Å². The van der Waals surface area contributed by atoms with Crippen molar-refractivity contribution in [2.24, 2.45) is 5.92 Å². The molecule has 0 saturated heterocycles. The van der Waals surface area contributed by atoms with E-state index in [1.807, 2.05) is 0 Å². The lowest BCUT2D eigenvalue weighted by Gasteiger charge is -2.27. The zero-order chi connectivity index (χ0) is 26.1. The third kappa shape index (κ3) is 6.65. The smallest absolute Gasteiger partial charge is 0.393 e. The van der Waals surface area contributed by atoms with Gasteiger partial charge < -0.3 is 10.4 Å². The molecular weight excluding hydrogens is 488 g/mol. The molecule has 0 fully saturated rings. The van der Waals surface area contributed by atoms with Crippen molar-refractivity contribution in [3.8, 4) is 0 Å². The molecule has 0 aliphatic carbocycles. The fourth-order valence-electron chi connectivity index (χ4n) is 3.27. The molecule has 0 saturated carbocycles. The van der Waals surface area contributed by atoms with Gasteiger partial charge in [0.05, 0.1) is 34.4 Å². The number of carbonyl (C=O) groups excluding carboxylic acids is 1. The standard InChI is InChI=1S/C23H22ClF6NO3/c1-12(23(28,29)30)18(14-6-4-13(5-7-14)11-22(25,26)27)19(32)31-17-10-15(8-9-16(17)24)21(2,3)20(33)34/h4-10,12,18H,11H2,1-3H3,(H,31,32)(H,33,34)/t12?,18-/m0/s1. The molecule has 0 aromatic heterocycles. The van der Waals surface area contributed by atoms with E-state index in [1.54, 1.807) is 0 Å². The van der Waals surface area contributed by atoms with E-state index in [0.29, 0.717) is 0 Å². The first-order chi connectivity index (χ1) is 15.4. The number of amides is 1. The molecule has 0 aliphatic rings. The van der Waals surface area contributed by atoms with Crippen LogP contribution in [-0.4, -0.2) is 29.3 Å². The van der Waals surface area contributed by atoms with Gasteiger partial charge >= 0.3 is 18.3 Å². The highest BCUT2D eigenvalue weighted by Gasteiger charge is 2.45. The van der Waals surface area contributed by atoms with Gasteiger partial charge in [-0.2, -0.15) is 26.3 Å². The molecule has 0 radical (unpaired) electrons. The predicted molar refractivity (Wildman–Crippen MR) is 115 cm³/mol. The number of halogens is 7. The van der Waals surface area contributed by atoms with Gasteiger partial charge in [0.1, 0.15) is 0 Å². The first-order valence-corrected chi connectivity index (χ1v) is 10.4. The van der Waals surface area contributed by atoms with Gasteiger partial charge in [0.25, 0.3) is 0 Å². The van der Waals surface area contributed by atoms with Crippen LogP contribution in [0.25, 0.3) is 0 Å². The summed E-state index contributed by atoms with van der Waals surface area (Å²) < 4.78 is 78.5. The van der Waals surface area contributed by atoms with Crippen LogP contribution in [-0.2, 0) is 21.4 Å². The van der Waals surface area contributed by atoms with Gasteiger partial charge in [0, 0.05) is 0 Å². The van der Waals surface area contributed by atoms with Gasteiger partial charge in [-0.1, -0.05) is 48.9 Å². The molecule has 4 nitrogen and oxygen atoms in total. The lowest BCUT2D eigenvalue weighted by molar-refractivity contribution is -0.178. The molecular formula is C23H22ClF6NO3. The number of hydrogen-bond donors (Lipinski definition) is 2. The molecule has 34 heavy (non-hydrogen) atoms. The molecule has 11 heteroatoms. The van der Waals surface area contributed by atoms with Gasteiger partial charge in [0.15, 0.2) is 0 Å². The van der Waals surface area contributed by atoms with Crippen LogP contribution >= 0.6 is 11.6 Å². The maximum atomic E-state index is 13.6. The molecule has 1 amide bonds. The van der Waals surface area contributed by atoms with Crippen molar-refractivity contribution >= 4 is 29.2 Å². The Morgan fingerprint density at radius 3 is 2.03 bits per heavy atom. The zero-order valence-electron chi connectivity index (χ0n) is 18.3. The minimum Gasteiger partial charge on any atom is -0.481 e.